The van der Waals surface area contributed by atoms with Crippen LogP contribution in [0.25, 0.3) is 0 Å². The summed E-state index contributed by atoms with van der Waals surface area (Å²) in [6.07, 6.45) is 1.64. The highest BCUT2D eigenvalue weighted by molar-refractivity contribution is 4.78. The van der Waals surface area contributed by atoms with E-state index in [1.54, 1.807) is 0 Å². The third-order valence-electron chi connectivity index (χ3n) is 2.70. The van der Waals surface area contributed by atoms with Crippen LogP contribution in [0.3, 0.4) is 0 Å². The summed E-state index contributed by atoms with van der Waals surface area (Å²) in [5, 5.41) is 0. The van der Waals surface area contributed by atoms with Crippen molar-refractivity contribution in [3.63, 3.8) is 0 Å². The fourth-order valence-corrected chi connectivity index (χ4v) is 1.73. The summed E-state index contributed by atoms with van der Waals surface area (Å²) < 4.78 is 25.3. The van der Waals surface area contributed by atoms with Crippen LogP contribution in [0.15, 0.2) is 0 Å². The second-order valence-corrected chi connectivity index (χ2v) is 3.94. The maximum atomic E-state index is 12.6. The molecule has 0 aromatic carbocycles. The zero-order valence-corrected chi connectivity index (χ0v) is 9.24. The highest BCUT2D eigenvalue weighted by Crippen LogP contribution is 2.38. The molecule has 2 heteroatoms. The van der Waals surface area contributed by atoms with Gasteiger partial charge in [0.05, 0.1) is 0 Å². The van der Waals surface area contributed by atoms with E-state index in [2.05, 4.69) is 13.8 Å². The van der Waals surface area contributed by atoms with Crippen molar-refractivity contribution < 1.29 is 8.78 Å². The summed E-state index contributed by atoms with van der Waals surface area (Å²) in [6, 6.07) is 0. The van der Waals surface area contributed by atoms with E-state index < -0.39 is 5.92 Å². The topological polar surface area (TPSA) is 0 Å². The SMILES string of the molecule is CC.CC(C)C1CCC(F)(F)CC1. The molecule has 0 atom stereocenters. The Balaban J connectivity index is 0.000000671. The van der Waals surface area contributed by atoms with Gasteiger partial charge in [-0.3, -0.25) is 0 Å². The summed E-state index contributed by atoms with van der Waals surface area (Å²) in [7, 11) is 0. The average Bonchev–Trinajstić information content (AvgIpc) is 2.07. The minimum absolute atomic E-state index is 0.107. The summed E-state index contributed by atoms with van der Waals surface area (Å²) in [4.78, 5) is 0. The van der Waals surface area contributed by atoms with E-state index in [0.717, 1.165) is 0 Å². The molecule has 1 rings (SSSR count). The Bertz CT molecular complexity index is 120. The molecule has 13 heavy (non-hydrogen) atoms. The summed E-state index contributed by atoms with van der Waals surface area (Å²) in [5.74, 6) is -1.24. The summed E-state index contributed by atoms with van der Waals surface area (Å²) in [5.41, 5.74) is 0. The van der Waals surface area contributed by atoms with E-state index in [-0.39, 0.29) is 12.8 Å². The normalized spacial score (nSPS) is 22.4. The number of alkyl halides is 2. The molecule has 0 spiro atoms. The van der Waals surface area contributed by atoms with Crippen molar-refractivity contribution in [3.8, 4) is 0 Å². The second kappa shape index (κ2) is 5.56. The highest BCUT2D eigenvalue weighted by Gasteiger charge is 2.35. The van der Waals surface area contributed by atoms with E-state index in [9.17, 15) is 8.78 Å². The number of rotatable bonds is 1. The predicted molar refractivity (Wildman–Crippen MR) is 53.1 cm³/mol. The van der Waals surface area contributed by atoms with Crippen molar-refractivity contribution in [2.24, 2.45) is 11.8 Å². The van der Waals surface area contributed by atoms with Crippen LogP contribution in [0, 0.1) is 11.8 Å². The van der Waals surface area contributed by atoms with Crippen molar-refractivity contribution in [1.29, 1.82) is 0 Å². The first-order valence-electron chi connectivity index (χ1n) is 5.39. The molecule has 1 aliphatic rings. The minimum Gasteiger partial charge on any atom is -0.207 e. The van der Waals surface area contributed by atoms with E-state index in [0.29, 0.717) is 24.7 Å². The van der Waals surface area contributed by atoms with Crippen molar-refractivity contribution in [1.82, 2.24) is 0 Å². The van der Waals surface area contributed by atoms with Gasteiger partial charge in [-0.05, 0) is 24.7 Å². The van der Waals surface area contributed by atoms with Crippen LogP contribution in [0.2, 0.25) is 0 Å². The van der Waals surface area contributed by atoms with Gasteiger partial charge in [0.1, 0.15) is 0 Å². The molecule has 0 bridgehead atoms. The predicted octanol–water partition coefficient (Wildman–Crippen LogP) is 4.49. The Hall–Kier alpha value is -0.140. The van der Waals surface area contributed by atoms with Crippen molar-refractivity contribution in [2.45, 2.75) is 59.3 Å². The van der Waals surface area contributed by atoms with Gasteiger partial charge in [-0.15, -0.1) is 0 Å². The molecule has 0 aromatic rings. The van der Waals surface area contributed by atoms with Crippen molar-refractivity contribution in [3.05, 3.63) is 0 Å². The van der Waals surface area contributed by atoms with Crippen LogP contribution in [0.1, 0.15) is 53.4 Å². The van der Waals surface area contributed by atoms with Gasteiger partial charge < -0.3 is 0 Å². The average molecular weight is 192 g/mol. The Morgan fingerprint density at radius 3 is 1.77 bits per heavy atom. The first kappa shape index (κ1) is 12.9. The monoisotopic (exact) mass is 192 g/mol. The molecule has 0 unspecified atom stereocenters. The molecule has 0 nitrogen and oxygen atoms in total. The highest BCUT2D eigenvalue weighted by atomic mass is 19.3. The quantitative estimate of drug-likeness (QED) is 0.574. The molecular weight excluding hydrogens is 170 g/mol. The fraction of sp³-hybridized carbons (Fsp3) is 1.00. The molecule has 0 radical (unpaired) electrons. The van der Waals surface area contributed by atoms with Gasteiger partial charge in [0.2, 0.25) is 5.92 Å². The Morgan fingerprint density at radius 1 is 1.08 bits per heavy atom. The first-order valence-corrected chi connectivity index (χ1v) is 5.39. The Kier molecular flexibility index (Phi) is 5.50. The van der Waals surface area contributed by atoms with Gasteiger partial charge in [-0.1, -0.05) is 27.7 Å². The van der Waals surface area contributed by atoms with Crippen LogP contribution >= 0.6 is 0 Å². The number of hydrogen-bond donors (Lipinski definition) is 0. The van der Waals surface area contributed by atoms with Crippen LogP contribution in [-0.2, 0) is 0 Å². The van der Waals surface area contributed by atoms with Gasteiger partial charge in [0, 0.05) is 12.8 Å². The third kappa shape index (κ3) is 4.58. The molecule has 0 aliphatic heterocycles. The maximum absolute atomic E-state index is 12.6. The van der Waals surface area contributed by atoms with E-state index in [4.69, 9.17) is 0 Å². The van der Waals surface area contributed by atoms with Crippen molar-refractivity contribution >= 4 is 0 Å². The smallest absolute Gasteiger partial charge is 0.207 e. The molecular formula is C11H22F2. The molecule has 80 valence electrons. The zero-order chi connectivity index (χ0) is 10.5. The standard InChI is InChI=1S/C9H16F2.C2H6/c1-7(2)8-3-5-9(10,11)6-4-8;1-2/h7-8H,3-6H2,1-2H3;1-2H3. The number of hydrogen-bond acceptors (Lipinski definition) is 0. The lowest BCUT2D eigenvalue weighted by Crippen LogP contribution is -2.26. The van der Waals surface area contributed by atoms with Gasteiger partial charge >= 0.3 is 0 Å². The number of halogens is 2. The lowest BCUT2D eigenvalue weighted by atomic mass is 9.80. The van der Waals surface area contributed by atoms with E-state index in [1.807, 2.05) is 13.8 Å². The zero-order valence-electron chi connectivity index (χ0n) is 9.24. The Labute approximate surface area is 80.7 Å². The summed E-state index contributed by atoms with van der Waals surface area (Å²) in [6.45, 7) is 8.24. The third-order valence-corrected chi connectivity index (χ3v) is 2.70. The second-order valence-electron chi connectivity index (χ2n) is 3.94. The van der Waals surface area contributed by atoms with Crippen LogP contribution in [0.5, 0.6) is 0 Å². The van der Waals surface area contributed by atoms with Crippen molar-refractivity contribution in [2.75, 3.05) is 0 Å². The Morgan fingerprint density at radius 2 is 1.46 bits per heavy atom. The van der Waals surface area contributed by atoms with Gasteiger partial charge in [0.15, 0.2) is 0 Å². The molecule has 1 fully saturated rings. The summed E-state index contributed by atoms with van der Waals surface area (Å²) >= 11 is 0. The van der Waals surface area contributed by atoms with Gasteiger partial charge in [0.25, 0.3) is 0 Å². The largest absolute Gasteiger partial charge is 0.248 e. The maximum Gasteiger partial charge on any atom is 0.248 e. The molecule has 1 aliphatic carbocycles. The fourth-order valence-electron chi connectivity index (χ4n) is 1.73. The molecule has 0 saturated heterocycles. The van der Waals surface area contributed by atoms with Gasteiger partial charge in [-0.25, -0.2) is 8.78 Å². The molecule has 0 N–H and O–H groups in total. The molecule has 0 heterocycles. The van der Waals surface area contributed by atoms with E-state index >= 15 is 0 Å². The van der Waals surface area contributed by atoms with Crippen LogP contribution < -0.4 is 0 Å². The first-order chi connectivity index (χ1) is 6.01. The lowest BCUT2D eigenvalue weighted by Gasteiger charge is -2.30. The molecule has 0 amide bonds. The van der Waals surface area contributed by atoms with E-state index in [1.165, 1.54) is 0 Å². The van der Waals surface area contributed by atoms with Gasteiger partial charge in [-0.2, -0.15) is 0 Å². The molecule has 0 aromatic heterocycles. The lowest BCUT2D eigenvalue weighted by molar-refractivity contribution is -0.0504. The van der Waals surface area contributed by atoms with Crippen LogP contribution in [0.4, 0.5) is 8.78 Å². The van der Waals surface area contributed by atoms with Crippen LogP contribution in [-0.4, -0.2) is 5.92 Å². The molecule has 1 saturated carbocycles. The minimum atomic E-state index is -2.36.